The second-order valence-electron chi connectivity index (χ2n) is 6.30. The zero-order valence-electron chi connectivity index (χ0n) is 14.6. The Balaban J connectivity index is 2.07. The Bertz CT molecular complexity index is 707. The number of nitrogens with one attached hydrogen (secondary N) is 1. The predicted octanol–water partition coefficient (Wildman–Crippen LogP) is 5.47. The third-order valence-electron chi connectivity index (χ3n) is 3.89. The van der Waals surface area contributed by atoms with Crippen molar-refractivity contribution in [2.75, 3.05) is 11.1 Å². The lowest BCUT2D eigenvalue weighted by Gasteiger charge is -2.16. The number of amides is 1. The van der Waals surface area contributed by atoms with Crippen LogP contribution in [0.25, 0.3) is 0 Å². The molecule has 2 aromatic rings. The molecule has 0 saturated carbocycles. The van der Waals surface area contributed by atoms with E-state index in [1.54, 1.807) is 11.8 Å². The number of carbonyl (C=O) groups excluding carboxylic acids is 1. The van der Waals surface area contributed by atoms with Crippen LogP contribution in [0.15, 0.2) is 41.3 Å². The number of benzene rings is 2. The van der Waals surface area contributed by atoms with Crippen LogP contribution in [0.2, 0.25) is 0 Å². The van der Waals surface area contributed by atoms with Gasteiger partial charge in [0.05, 0.1) is 5.75 Å². The number of rotatable bonds is 5. The molecule has 0 bridgehead atoms. The Labute approximate surface area is 143 Å². The smallest absolute Gasteiger partial charge is 0.234 e. The van der Waals surface area contributed by atoms with Gasteiger partial charge in [-0.15, -0.1) is 11.8 Å². The monoisotopic (exact) mass is 327 g/mol. The molecule has 0 fully saturated rings. The molecule has 2 nitrogen and oxygen atoms in total. The zero-order valence-corrected chi connectivity index (χ0v) is 15.4. The van der Waals surface area contributed by atoms with Gasteiger partial charge in [-0.2, -0.15) is 0 Å². The molecule has 0 unspecified atom stereocenters. The van der Waals surface area contributed by atoms with Crippen molar-refractivity contribution in [3.8, 4) is 0 Å². The van der Waals surface area contributed by atoms with Crippen LogP contribution in [-0.4, -0.2) is 11.7 Å². The van der Waals surface area contributed by atoms with Gasteiger partial charge in [0.2, 0.25) is 5.91 Å². The molecule has 122 valence electrons. The Morgan fingerprint density at radius 1 is 1.09 bits per heavy atom. The molecule has 2 rings (SSSR count). The van der Waals surface area contributed by atoms with Crippen molar-refractivity contribution in [2.45, 2.75) is 45.4 Å². The quantitative estimate of drug-likeness (QED) is 0.738. The van der Waals surface area contributed by atoms with E-state index in [1.165, 1.54) is 21.6 Å². The Morgan fingerprint density at radius 2 is 1.83 bits per heavy atom. The topological polar surface area (TPSA) is 29.1 Å². The van der Waals surface area contributed by atoms with Crippen LogP contribution >= 0.6 is 11.8 Å². The zero-order chi connectivity index (χ0) is 17.0. The van der Waals surface area contributed by atoms with Crippen molar-refractivity contribution in [1.29, 1.82) is 0 Å². The largest absolute Gasteiger partial charge is 0.325 e. The molecule has 0 aromatic heterocycles. The molecule has 0 aliphatic rings. The molecule has 3 heteroatoms. The van der Waals surface area contributed by atoms with E-state index < -0.39 is 0 Å². The number of hydrogen-bond donors (Lipinski definition) is 1. The number of hydrogen-bond acceptors (Lipinski definition) is 2. The summed E-state index contributed by atoms with van der Waals surface area (Å²) in [6.07, 6.45) is 0. The van der Waals surface area contributed by atoms with E-state index in [0.717, 1.165) is 11.3 Å². The summed E-state index contributed by atoms with van der Waals surface area (Å²) < 4.78 is 0. The summed E-state index contributed by atoms with van der Waals surface area (Å²) in [4.78, 5) is 13.6. The highest BCUT2D eigenvalue weighted by Gasteiger charge is 2.12. The normalized spacial score (nSPS) is 10.9. The van der Waals surface area contributed by atoms with E-state index in [-0.39, 0.29) is 5.91 Å². The van der Waals surface area contributed by atoms with E-state index in [2.05, 4.69) is 57.3 Å². The van der Waals surface area contributed by atoms with Crippen LogP contribution in [0.3, 0.4) is 0 Å². The summed E-state index contributed by atoms with van der Waals surface area (Å²) in [6, 6.07) is 12.5. The summed E-state index contributed by atoms with van der Waals surface area (Å²) in [5.41, 5.74) is 5.71. The van der Waals surface area contributed by atoms with Gasteiger partial charge in [0.1, 0.15) is 0 Å². The number of aryl methyl sites for hydroxylation is 3. The van der Waals surface area contributed by atoms with Gasteiger partial charge < -0.3 is 5.32 Å². The molecular weight excluding hydrogens is 302 g/mol. The molecule has 0 aliphatic carbocycles. The van der Waals surface area contributed by atoms with Crippen LogP contribution < -0.4 is 5.32 Å². The van der Waals surface area contributed by atoms with Crippen LogP contribution in [0.5, 0.6) is 0 Å². The molecule has 0 atom stereocenters. The van der Waals surface area contributed by atoms with Crippen molar-refractivity contribution < 1.29 is 4.79 Å². The third kappa shape index (κ3) is 4.61. The lowest BCUT2D eigenvalue weighted by molar-refractivity contribution is -0.113. The van der Waals surface area contributed by atoms with E-state index >= 15 is 0 Å². The number of carbonyl (C=O) groups is 1. The summed E-state index contributed by atoms with van der Waals surface area (Å²) in [7, 11) is 0. The highest BCUT2D eigenvalue weighted by Crippen LogP contribution is 2.28. The summed E-state index contributed by atoms with van der Waals surface area (Å²) >= 11 is 1.60. The van der Waals surface area contributed by atoms with Crippen LogP contribution in [0.4, 0.5) is 5.69 Å². The SMILES string of the molecule is Cc1ccc(C)c(SCC(=O)Nc2c(C)cccc2C(C)C)c1. The maximum absolute atomic E-state index is 12.4. The van der Waals surface area contributed by atoms with Gasteiger partial charge in [0.15, 0.2) is 0 Å². The van der Waals surface area contributed by atoms with Crippen molar-refractivity contribution in [1.82, 2.24) is 0 Å². The highest BCUT2D eigenvalue weighted by atomic mass is 32.2. The molecule has 0 aliphatic heterocycles. The average molecular weight is 327 g/mol. The van der Waals surface area contributed by atoms with Crippen molar-refractivity contribution in [3.63, 3.8) is 0 Å². The standard InChI is InChI=1S/C20H25NOS/c1-13(2)17-8-6-7-16(5)20(17)21-19(22)12-23-18-11-14(3)9-10-15(18)4/h6-11,13H,12H2,1-5H3,(H,21,22). The molecule has 2 aromatic carbocycles. The van der Waals surface area contributed by atoms with Crippen LogP contribution in [-0.2, 0) is 4.79 Å². The maximum atomic E-state index is 12.4. The minimum absolute atomic E-state index is 0.0482. The number of para-hydroxylation sites is 1. The van der Waals surface area contributed by atoms with Crippen LogP contribution in [0, 0.1) is 20.8 Å². The fraction of sp³-hybridized carbons (Fsp3) is 0.350. The van der Waals surface area contributed by atoms with Gasteiger partial charge in [-0.05, 0) is 49.4 Å². The fourth-order valence-electron chi connectivity index (χ4n) is 2.52. The van der Waals surface area contributed by atoms with Gasteiger partial charge >= 0.3 is 0 Å². The number of anilines is 1. The molecule has 1 amide bonds. The average Bonchev–Trinajstić information content (AvgIpc) is 2.50. The first kappa shape index (κ1) is 17.6. The second-order valence-corrected chi connectivity index (χ2v) is 7.32. The van der Waals surface area contributed by atoms with Gasteiger partial charge in [-0.1, -0.05) is 49.7 Å². The van der Waals surface area contributed by atoms with E-state index in [4.69, 9.17) is 0 Å². The lowest BCUT2D eigenvalue weighted by Crippen LogP contribution is -2.16. The molecular formula is C20H25NOS. The molecule has 1 N–H and O–H groups in total. The Morgan fingerprint density at radius 3 is 2.52 bits per heavy atom. The first-order valence-corrected chi connectivity index (χ1v) is 8.96. The molecule has 0 radical (unpaired) electrons. The molecule has 0 spiro atoms. The van der Waals surface area contributed by atoms with E-state index in [9.17, 15) is 4.79 Å². The summed E-state index contributed by atoms with van der Waals surface area (Å²) in [6.45, 7) is 10.5. The number of thioether (sulfide) groups is 1. The first-order valence-electron chi connectivity index (χ1n) is 7.98. The Hall–Kier alpha value is -1.74. The Kier molecular flexibility index (Phi) is 5.89. The summed E-state index contributed by atoms with van der Waals surface area (Å²) in [5, 5.41) is 3.10. The van der Waals surface area contributed by atoms with Crippen LogP contribution in [0.1, 0.15) is 42.0 Å². The van der Waals surface area contributed by atoms with Gasteiger partial charge in [0, 0.05) is 10.6 Å². The van der Waals surface area contributed by atoms with Gasteiger partial charge in [-0.3, -0.25) is 4.79 Å². The minimum Gasteiger partial charge on any atom is -0.325 e. The summed E-state index contributed by atoms with van der Waals surface area (Å²) in [5.74, 6) is 0.861. The highest BCUT2D eigenvalue weighted by molar-refractivity contribution is 8.00. The van der Waals surface area contributed by atoms with E-state index in [0.29, 0.717) is 11.7 Å². The van der Waals surface area contributed by atoms with Crippen molar-refractivity contribution in [3.05, 3.63) is 58.7 Å². The first-order chi connectivity index (χ1) is 10.9. The predicted molar refractivity (Wildman–Crippen MR) is 101 cm³/mol. The fourth-order valence-corrected chi connectivity index (χ4v) is 3.45. The van der Waals surface area contributed by atoms with Gasteiger partial charge in [-0.25, -0.2) is 0 Å². The molecule has 0 heterocycles. The molecule has 0 saturated heterocycles. The van der Waals surface area contributed by atoms with Crippen molar-refractivity contribution in [2.24, 2.45) is 0 Å². The van der Waals surface area contributed by atoms with Crippen molar-refractivity contribution >= 4 is 23.4 Å². The molecule has 23 heavy (non-hydrogen) atoms. The maximum Gasteiger partial charge on any atom is 0.234 e. The minimum atomic E-state index is 0.0482. The van der Waals surface area contributed by atoms with Gasteiger partial charge in [0.25, 0.3) is 0 Å². The second kappa shape index (κ2) is 7.69. The van der Waals surface area contributed by atoms with E-state index in [1.807, 2.05) is 19.1 Å². The third-order valence-corrected chi connectivity index (χ3v) is 5.05. The lowest BCUT2D eigenvalue weighted by atomic mass is 9.98.